The highest BCUT2D eigenvalue weighted by atomic mass is 16.5. The van der Waals surface area contributed by atoms with E-state index in [1.54, 1.807) is 0 Å². The summed E-state index contributed by atoms with van der Waals surface area (Å²) in [5.41, 5.74) is 20.6. The van der Waals surface area contributed by atoms with Gasteiger partial charge in [0.1, 0.15) is 57.5 Å². The Hall–Kier alpha value is -10.1. The van der Waals surface area contributed by atoms with E-state index in [9.17, 15) is 0 Å². The molecule has 0 radical (unpaired) electrons. The van der Waals surface area contributed by atoms with E-state index in [4.69, 9.17) is 69.3 Å². The molecule has 0 saturated heterocycles. The molecular weight excluding hydrogens is 1590 g/mol. The Morgan fingerprint density at radius 1 is 0.156 bits per heavy atom. The zero-order valence-corrected chi connectivity index (χ0v) is 85.3. The molecule has 0 unspecified atom stereocenters. The Balaban J connectivity index is -0.000000335. The molecule has 8 N–H and O–H groups in total. The highest BCUT2D eigenvalue weighted by molar-refractivity contribution is 5.65. The summed E-state index contributed by atoms with van der Waals surface area (Å²) in [6, 6.07) is 79.5. The Morgan fingerprint density at radius 2 is 0.336 bits per heavy atom. The molecule has 18 rings (SSSR count). The van der Waals surface area contributed by atoms with E-state index < -0.39 is 0 Å². The van der Waals surface area contributed by atoms with Crippen LogP contribution in [0.1, 0.15) is 307 Å². The smallest absolute Gasteiger partial charge is 0.173 e. The third-order valence-corrected chi connectivity index (χ3v) is 18.2. The summed E-state index contributed by atoms with van der Waals surface area (Å²) < 4.78 is 36.5. The third-order valence-electron chi connectivity index (χ3n) is 18.2. The molecule has 1 aliphatic carbocycles. The molecule has 11 aromatic carbocycles. The molecular formula is C114H174O14. The molecule has 0 aromatic heterocycles. The van der Waals surface area contributed by atoms with Gasteiger partial charge in [-0.15, -0.1) is 0 Å². The first-order chi connectivity index (χ1) is 63.2. The Morgan fingerprint density at radius 3 is 0.609 bits per heavy atom. The molecule has 7 aliphatic rings. The Labute approximate surface area is 779 Å². The van der Waals surface area contributed by atoms with Crippen LogP contribution in [0.15, 0.2) is 231 Å². The second-order valence-electron chi connectivity index (χ2n) is 25.4. The van der Waals surface area contributed by atoms with Crippen molar-refractivity contribution >= 4 is 0 Å². The van der Waals surface area contributed by atoms with Crippen LogP contribution in [0.3, 0.4) is 0 Å². The van der Waals surface area contributed by atoms with Gasteiger partial charge in [-0.2, -0.15) is 0 Å². The Kier molecular flexibility index (Phi) is 88.0. The summed E-state index contributed by atoms with van der Waals surface area (Å²) in [6.45, 7) is 49.4. The fourth-order valence-electron chi connectivity index (χ4n) is 12.1. The van der Waals surface area contributed by atoms with Crippen molar-refractivity contribution in [1.29, 1.82) is 0 Å². The zero-order valence-electron chi connectivity index (χ0n) is 85.3. The van der Waals surface area contributed by atoms with E-state index in [2.05, 4.69) is 207 Å². The van der Waals surface area contributed by atoms with Crippen LogP contribution in [0, 0.1) is 0 Å². The van der Waals surface area contributed by atoms with Crippen molar-refractivity contribution in [2.24, 2.45) is 0 Å². The number of benzene rings is 11. The van der Waals surface area contributed by atoms with Crippen LogP contribution in [0.2, 0.25) is 0 Å². The first-order valence-electron chi connectivity index (χ1n) is 46.9. The molecule has 0 saturated carbocycles. The van der Waals surface area contributed by atoms with Gasteiger partial charge in [-0.1, -0.05) is 393 Å². The lowest BCUT2D eigenvalue weighted by molar-refractivity contribution is 0.395. The summed E-state index contributed by atoms with van der Waals surface area (Å²) in [4.78, 5) is 0. The molecule has 6 heterocycles. The largest absolute Gasteiger partial charge is 0.457 e. The van der Waals surface area contributed by atoms with Crippen molar-refractivity contribution in [3.05, 3.63) is 320 Å². The van der Waals surface area contributed by atoms with E-state index in [0.29, 0.717) is 0 Å². The molecule has 11 aromatic rings. The van der Waals surface area contributed by atoms with Crippen LogP contribution in [0.5, 0.6) is 69.0 Å². The van der Waals surface area contributed by atoms with E-state index >= 15 is 0 Å². The fraction of sp³-hybridized carbons (Fsp3) is 0.421. The maximum atomic E-state index is 7.00. The van der Waals surface area contributed by atoms with Gasteiger partial charge in [-0.25, -0.2) is 0 Å². The first-order valence-corrected chi connectivity index (χ1v) is 46.9. The SMILES string of the molecule is CC.CC.CC.CC.CC.CC.CC.CC.CCCC.CCCC.CCCC.CCCC.CO.CO.CO.CO.CO.CO.CO.CO.c1ccc2c(c1)Cc1c(ccc3c1Oc1ccccc1C3)O2.c1ccc2c(c1)Cc1cc3c(cc1C2)Oc1ccccc1C3.c1ccc2c(c1)Cc1ccc3c(c1O2)Oc1ccccc1C3.c1ccc2c(c1)Cc1ccccc1O2. The van der Waals surface area contributed by atoms with Gasteiger partial charge in [0, 0.05) is 112 Å². The van der Waals surface area contributed by atoms with Crippen LogP contribution in [0.25, 0.3) is 0 Å². The zero-order chi connectivity index (χ0) is 98.6. The minimum absolute atomic E-state index is 0.858. The minimum Gasteiger partial charge on any atom is -0.457 e. The number of para-hydroxylation sites is 7. The normalized spacial score (nSPS) is 10.2. The van der Waals surface area contributed by atoms with E-state index in [1.807, 2.05) is 190 Å². The lowest BCUT2D eigenvalue weighted by Crippen LogP contribution is -2.10. The lowest BCUT2D eigenvalue weighted by Gasteiger charge is -2.27. The monoisotopic (exact) mass is 1770 g/mol. The van der Waals surface area contributed by atoms with Crippen molar-refractivity contribution in [3.63, 3.8) is 0 Å². The van der Waals surface area contributed by atoms with Gasteiger partial charge >= 0.3 is 0 Å². The number of ether oxygens (including phenoxy) is 6. The molecule has 0 fully saturated rings. The molecule has 0 bridgehead atoms. The highest BCUT2D eigenvalue weighted by Crippen LogP contribution is 2.50. The van der Waals surface area contributed by atoms with Crippen LogP contribution in [0.4, 0.5) is 0 Å². The molecule has 14 nitrogen and oxygen atoms in total. The molecule has 0 amide bonds. The van der Waals surface area contributed by atoms with Gasteiger partial charge in [-0.05, 0) is 140 Å². The number of aliphatic hydroxyl groups is 8. The van der Waals surface area contributed by atoms with Gasteiger partial charge < -0.3 is 69.3 Å². The van der Waals surface area contributed by atoms with E-state index in [-0.39, 0.29) is 0 Å². The standard InChI is InChI=1S/C21H16O.2C20H14O2.C13H10O.4C4H10.8C2H6.8CH4O/c1-2-6-15-10-18-13-21-19(12-17(18)9-14(15)5-1)11-16-7-3-4-8-20(16)22-21;1-4-8-18-13(5-1)11-15-9-10-19-16(20(15)22-18)12-14-6-2-3-7-17(14)21-19;1-3-7-17-13(5-1)11-15-9-10-16-12-14-6-2-4-8-18(14)22-20(16)19(15)21-17;1-3-7-12-10(5-1)9-11-6-2-4-8-13(11)14-12;4*1-3-4-2;16*1-2/h1-8,12-13H,9-11H2;2*1-10H,11-12H2;1-8H,9H2;4*3-4H2,1-2H3;8*1-2H3;8*2H,1H3. The topological polar surface area (TPSA) is 217 Å². The fourth-order valence-corrected chi connectivity index (χ4v) is 12.1. The van der Waals surface area contributed by atoms with Crippen molar-refractivity contribution in [1.82, 2.24) is 0 Å². The molecule has 714 valence electrons. The van der Waals surface area contributed by atoms with Gasteiger partial charge in [0.15, 0.2) is 11.5 Å². The number of rotatable bonds is 4. The molecule has 0 atom stereocenters. The maximum absolute atomic E-state index is 7.00. The van der Waals surface area contributed by atoms with Crippen LogP contribution in [-0.2, 0) is 51.4 Å². The number of fused-ring (bicyclic) bond motifs is 16. The summed E-state index contributed by atoms with van der Waals surface area (Å²) in [7, 11) is 8.00. The minimum atomic E-state index is 0.858. The first kappa shape index (κ1) is 129. The number of hydrogen-bond donors (Lipinski definition) is 8. The van der Waals surface area contributed by atoms with Gasteiger partial charge in [0.25, 0.3) is 0 Å². The molecule has 0 spiro atoms. The van der Waals surface area contributed by atoms with Crippen LogP contribution < -0.4 is 28.4 Å². The van der Waals surface area contributed by atoms with Crippen molar-refractivity contribution in [2.45, 2.75) is 269 Å². The summed E-state index contributed by atoms with van der Waals surface area (Å²) in [5.74, 6) is 11.5. The number of unbranched alkanes of at least 4 members (excludes halogenated alkanes) is 4. The van der Waals surface area contributed by atoms with Crippen LogP contribution in [-0.4, -0.2) is 97.7 Å². The van der Waals surface area contributed by atoms with E-state index in [1.165, 1.54) is 135 Å². The number of aliphatic hydroxyl groups excluding tert-OH is 8. The summed E-state index contributed by atoms with van der Waals surface area (Å²) in [5, 5.41) is 56.0. The summed E-state index contributed by atoms with van der Waals surface area (Å²) in [6.07, 6.45) is 18.1. The van der Waals surface area contributed by atoms with E-state index in [0.717, 1.165) is 183 Å². The highest BCUT2D eigenvalue weighted by Gasteiger charge is 2.29. The maximum Gasteiger partial charge on any atom is 0.173 e. The number of hydrogen-bond acceptors (Lipinski definition) is 14. The second-order valence-corrected chi connectivity index (χ2v) is 25.4. The third kappa shape index (κ3) is 43.3. The quantitative estimate of drug-likeness (QED) is 0.0823. The van der Waals surface area contributed by atoms with Crippen LogP contribution >= 0.6 is 0 Å². The second kappa shape index (κ2) is 87.6. The average molecular weight is 1770 g/mol. The molecule has 128 heavy (non-hydrogen) atoms. The molecule has 6 aliphatic heterocycles. The molecule has 14 heteroatoms. The van der Waals surface area contributed by atoms with Gasteiger partial charge in [0.2, 0.25) is 0 Å². The van der Waals surface area contributed by atoms with Crippen molar-refractivity contribution < 1.29 is 69.3 Å². The predicted molar refractivity (Wildman–Crippen MR) is 552 cm³/mol. The van der Waals surface area contributed by atoms with Gasteiger partial charge in [0.05, 0.1) is 0 Å². The Bertz CT molecular complexity index is 3820. The predicted octanol–water partition coefficient (Wildman–Crippen LogP) is 30.7. The average Bonchev–Trinajstić information content (AvgIpc) is 0.532. The van der Waals surface area contributed by atoms with Crippen molar-refractivity contribution in [3.8, 4) is 69.0 Å². The van der Waals surface area contributed by atoms with Crippen molar-refractivity contribution in [2.75, 3.05) is 56.9 Å². The lowest BCUT2D eigenvalue weighted by atomic mass is 9.84. The summed E-state index contributed by atoms with van der Waals surface area (Å²) >= 11 is 0. The van der Waals surface area contributed by atoms with Gasteiger partial charge in [-0.3, -0.25) is 0 Å².